The summed E-state index contributed by atoms with van der Waals surface area (Å²) in [6.45, 7) is 0.171. The van der Waals surface area contributed by atoms with Crippen molar-refractivity contribution in [3.8, 4) is 5.75 Å². The molecule has 0 atom stereocenters. The lowest BCUT2D eigenvalue weighted by molar-refractivity contribution is 0.415. The van der Waals surface area contributed by atoms with Crippen LogP contribution in [0.15, 0.2) is 47.4 Å². The highest BCUT2D eigenvalue weighted by Gasteiger charge is 2.15. The van der Waals surface area contributed by atoms with E-state index in [1.807, 2.05) is 0 Å². The van der Waals surface area contributed by atoms with Crippen molar-refractivity contribution in [1.29, 1.82) is 0 Å². The monoisotopic (exact) mass is 326 g/mol. The molecular formula is C14H15ClN2O3S. The van der Waals surface area contributed by atoms with Crippen LogP contribution in [0.2, 0.25) is 5.02 Å². The Hall–Kier alpha value is -1.76. The summed E-state index contributed by atoms with van der Waals surface area (Å²) in [5.41, 5.74) is 6.56. The van der Waals surface area contributed by atoms with Gasteiger partial charge in [0, 0.05) is 17.3 Å². The molecule has 0 fully saturated rings. The number of nitrogens with one attached hydrogen (secondary N) is 1. The Morgan fingerprint density at radius 3 is 2.43 bits per heavy atom. The van der Waals surface area contributed by atoms with E-state index in [2.05, 4.69) is 4.72 Å². The third-order valence-corrected chi connectivity index (χ3v) is 4.64. The van der Waals surface area contributed by atoms with Gasteiger partial charge in [0.25, 0.3) is 10.0 Å². The number of nitrogens with two attached hydrogens (primary N) is 1. The molecule has 3 N–H and O–H groups in total. The Bertz CT molecular complexity index is 730. The van der Waals surface area contributed by atoms with E-state index in [1.54, 1.807) is 31.4 Å². The average molecular weight is 327 g/mol. The Labute approximate surface area is 128 Å². The molecule has 0 amide bonds. The first-order chi connectivity index (χ1) is 9.96. The molecule has 0 aliphatic carbocycles. The Balaban J connectivity index is 2.29. The van der Waals surface area contributed by atoms with Crippen molar-refractivity contribution < 1.29 is 13.2 Å². The maximum absolute atomic E-state index is 12.3. The fourth-order valence-corrected chi connectivity index (χ4v) is 3.05. The molecule has 2 aromatic rings. The maximum Gasteiger partial charge on any atom is 0.261 e. The summed E-state index contributed by atoms with van der Waals surface area (Å²) in [5.74, 6) is 0.648. The molecular weight excluding hydrogens is 312 g/mol. The summed E-state index contributed by atoms with van der Waals surface area (Å²) in [4.78, 5) is 0.114. The average Bonchev–Trinajstić information content (AvgIpc) is 2.48. The lowest BCUT2D eigenvalue weighted by atomic mass is 10.2. The van der Waals surface area contributed by atoms with E-state index in [4.69, 9.17) is 22.1 Å². The molecule has 0 aliphatic rings. The molecule has 2 rings (SSSR count). The van der Waals surface area contributed by atoms with Gasteiger partial charge in [-0.2, -0.15) is 0 Å². The highest BCUT2D eigenvalue weighted by atomic mass is 35.5. The van der Waals surface area contributed by atoms with E-state index in [9.17, 15) is 8.42 Å². The molecule has 0 radical (unpaired) electrons. The molecule has 0 unspecified atom stereocenters. The van der Waals surface area contributed by atoms with Crippen LogP contribution in [-0.4, -0.2) is 15.5 Å². The third-order valence-electron chi connectivity index (χ3n) is 2.89. The first-order valence-electron chi connectivity index (χ1n) is 6.11. The number of hydrogen-bond donors (Lipinski definition) is 2. The smallest absolute Gasteiger partial charge is 0.261 e. The van der Waals surface area contributed by atoms with Crippen molar-refractivity contribution in [3.05, 3.63) is 53.1 Å². The van der Waals surface area contributed by atoms with Crippen LogP contribution in [0.25, 0.3) is 0 Å². The van der Waals surface area contributed by atoms with Gasteiger partial charge in [0.1, 0.15) is 5.75 Å². The quantitative estimate of drug-likeness (QED) is 0.885. The zero-order chi connectivity index (χ0) is 15.5. The van der Waals surface area contributed by atoms with Crippen LogP contribution in [0.1, 0.15) is 5.56 Å². The molecule has 112 valence electrons. The summed E-state index contributed by atoms with van der Waals surface area (Å²) >= 11 is 5.93. The van der Waals surface area contributed by atoms with Gasteiger partial charge in [0.2, 0.25) is 0 Å². The molecule has 0 saturated carbocycles. The number of rotatable bonds is 5. The second-order valence-corrected chi connectivity index (χ2v) is 6.38. The van der Waals surface area contributed by atoms with Crippen LogP contribution in [0.5, 0.6) is 5.75 Å². The van der Waals surface area contributed by atoms with Gasteiger partial charge in [-0.3, -0.25) is 4.72 Å². The van der Waals surface area contributed by atoms with Crippen LogP contribution in [0.4, 0.5) is 5.69 Å². The Morgan fingerprint density at radius 2 is 1.86 bits per heavy atom. The number of benzene rings is 2. The van der Waals surface area contributed by atoms with Gasteiger partial charge in [-0.05, 0) is 48.0 Å². The minimum Gasteiger partial charge on any atom is -0.497 e. The predicted molar refractivity (Wildman–Crippen MR) is 83.1 cm³/mol. The van der Waals surface area contributed by atoms with Crippen molar-refractivity contribution in [2.45, 2.75) is 11.4 Å². The SMILES string of the molecule is COc1ccc(NS(=O)(=O)c2ccc(Cl)c(CN)c2)cc1. The summed E-state index contributed by atoms with van der Waals surface area (Å²) in [7, 11) is -2.14. The van der Waals surface area contributed by atoms with Gasteiger partial charge >= 0.3 is 0 Å². The van der Waals surface area contributed by atoms with Crippen LogP contribution in [0.3, 0.4) is 0 Å². The second-order valence-electron chi connectivity index (χ2n) is 4.29. The van der Waals surface area contributed by atoms with Gasteiger partial charge in [-0.15, -0.1) is 0 Å². The lowest BCUT2D eigenvalue weighted by Gasteiger charge is -2.10. The van der Waals surface area contributed by atoms with Crippen LogP contribution < -0.4 is 15.2 Å². The number of ether oxygens (including phenoxy) is 1. The molecule has 0 spiro atoms. The van der Waals surface area contributed by atoms with E-state index >= 15 is 0 Å². The highest BCUT2D eigenvalue weighted by molar-refractivity contribution is 7.92. The van der Waals surface area contributed by atoms with Crippen LogP contribution >= 0.6 is 11.6 Å². The van der Waals surface area contributed by atoms with E-state index in [-0.39, 0.29) is 11.4 Å². The minimum absolute atomic E-state index is 0.114. The highest BCUT2D eigenvalue weighted by Crippen LogP contribution is 2.23. The predicted octanol–water partition coefficient (Wildman–Crippen LogP) is 2.61. The molecule has 0 aliphatic heterocycles. The lowest BCUT2D eigenvalue weighted by Crippen LogP contribution is -2.13. The van der Waals surface area contributed by atoms with Gasteiger partial charge in [0.05, 0.1) is 12.0 Å². The fraction of sp³-hybridized carbons (Fsp3) is 0.143. The molecule has 7 heteroatoms. The van der Waals surface area contributed by atoms with Crippen LogP contribution in [-0.2, 0) is 16.6 Å². The second kappa shape index (κ2) is 6.34. The van der Waals surface area contributed by atoms with Gasteiger partial charge in [-0.25, -0.2) is 8.42 Å². The number of halogens is 1. The summed E-state index contributed by atoms with van der Waals surface area (Å²) in [5, 5.41) is 0.445. The van der Waals surface area contributed by atoms with Crippen molar-refractivity contribution in [2.24, 2.45) is 5.73 Å². The van der Waals surface area contributed by atoms with Crippen molar-refractivity contribution in [1.82, 2.24) is 0 Å². The molecule has 5 nitrogen and oxygen atoms in total. The summed E-state index contributed by atoms with van der Waals surface area (Å²) in [6, 6.07) is 11.0. The number of anilines is 1. The normalized spacial score (nSPS) is 11.2. The van der Waals surface area contributed by atoms with Crippen molar-refractivity contribution >= 4 is 27.3 Å². The zero-order valence-electron chi connectivity index (χ0n) is 11.3. The first-order valence-corrected chi connectivity index (χ1v) is 7.98. The summed E-state index contributed by atoms with van der Waals surface area (Å²) in [6.07, 6.45) is 0. The first kappa shape index (κ1) is 15.6. The fourth-order valence-electron chi connectivity index (χ4n) is 1.75. The van der Waals surface area contributed by atoms with E-state index in [0.29, 0.717) is 22.0 Å². The largest absolute Gasteiger partial charge is 0.497 e. The summed E-state index contributed by atoms with van der Waals surface area (Å²) < 4.78 is 32.1. The minimum atomic E-state index is -3.69. The van der Waals surface area contributed by atoms with Gasteiger partial charge < -0.3 is 10.5 Å². The Kier molecular flexibility index (Phi) is 4.72. The third kappa shape index (κ3) is 3.66. The van der Waals surface area contributed by atoms with E-state index in [1.165, 1.54) is 18.2 Å². The topological polar surface area (TPSA) is 81.4 Å². The molecule has 0 heterocycles. The molecule has 21 heavy (non-hydrogen) atoms. The van der Waals surface area contributed by atoms with E-state index in [0.717, 1.165) is 0 Å². The van der Waals surface area contributed by atoms with E-state index < -0.39 is 10.0 Å². The standard InChI is InChI=1S/C14H15ClN2O3S/c1-20-12-4-2-11(3-5-12)17-21(18,19)13-6-7-14(15)10(8-13)9-16/h2-8,17H,9,16H2,1H3. The zero-order valence-corrected chi connectivity index (χ0v) is 12.9. The number of sulfonamides is 1. The van der Waals surface area contributed by atoms with Gasteiger partial charge in [0.15, 0.2) is 0 Å². The van der Waals surface area contributed by atoms with Crippen molar-refractivity contribution in [3.63, 3.8) is 0 Å². The number of methoxy groups -OCH3 is 1. The van der Waals surface area contributed by atoms with Gasteiger partial charge in [-0.1, -0.05) is 11.6 Å². The Morgan fingerprint density at radius 1 is 1.19 bits per heavy atom. The van der Waals surface area contributed by atoms with Crippen molar-refractivity contribution in [2.75, 3.05) is 11.8 Å². The molecule has 0 aromatic heterocycles. The molecule has 0 bridgehead atoms. The maximum atomic E-state index is 12.3. The molecule has 0 saturated heterocycles. The van der Waals surface area contributed by atoms with Crippen LogP contribution in [0, 0.1) is 0 Å². The molecule has 2 aromatic carbocycles. The number of hydrogen-bond acceptors (Lipinski definition) is 4.